The minimum atomic E-state index is -0.560. The summed E-state index contributed by atoms with van der Waals surface area (Å²) in [6, 6.07) is 4.07. The Morgan fingerprint density at radius 3 is 2.90 bits per heavy atom. The predicted molar refractivity (Wildman–Crippen MR) is 106 cm³/mol. The predicted octanol–water partition coefficient (Wildman–Crippen LogP) is 3.27. The summed E-state index contributed by atoms with van der Waals surface area (Å²) in [4.78, 5) is 26.9. The van der Waals surface area contributed by atoms with Crippen molar-refractivity contribution >= 4 is 11.4 Å². The number of rotatable bonds is 2. The molecule has 0 aromatic carbocycles. The number of fused-ring (bicyclic) bond motifs is 2. The summed E-state index contributed by atoms with van der Waals surface area (Å²) in [7, 11) is 0. The van der Waals surface area contributed by atoms with Crippen LogP contribution in [0.2, 0.25) is 0 Å². The lowest BCUT2D eigenvalue weighted by atomic mass is 9.97. The van der Waals surface area contributed by atoms with Crippen molar-refractivity contribution in [1.29, 1.82) is 0 Å². The molecule has 0 saturated heterocycles. The van der Waals surface area contributed by atoms with Crippen LogP contribution in [0.15, 0.2) is 41.3 Å². The van der Waals surface area contributed by atoms with Gasteiger partial charge in [-0.2, -0.15) is 5.10 Å². The molecule has 1 aliphatic rings. The number of carbonyl (C=O) groups excluding carboxylic acids is 1. The number of imidazole rings is 1. The van der Waals surface area contributed by atoms with E-state index in [1.54, 1.807) is 29.6 Å². The molecule has 1 atom stereocenters. The number of carbonyl (C=O) groups is 1. The zero-order chi connectivity index (χ0) is 21.0. The van der Waals surface area contributed by atoms with Gasteiger partial charge >= 0.3 is 0 Å². The molecular formula is C21H21FN6O2. The average Bonchev–Trinajstić information content (AvgIpc) is 3.44. The number of hydrogen-bond donors (Lipinski definition) is 1. The van der Waals surface area contributed by atoms with Crippen molar-refractivity contribution in [3.05, 3.63) is 71.5 Å². The molecule has 0 saturated carbocycles. The molecule has 4 aromatic heterocycles. The Labute approximate surface area is 171 Å². The fraction of sp³-hybridized carbons (Fsp3) is 0.333. The van der Waals surface area contributed by atoms with Crippen LogP contribution in [0, 0.1) is 5.82 Å². The van der Waals surface area contributed by atoms with Crippen molar-refractivity contribution in [1.82, 2.24) is 29.5 Å². The van der Waals surface area contributed by atoms with Gasteiger partial charge in [-0.15, -0.1) is 0 Å². The second-order valence-electron chi connectivity index (χ2n) is 8.45. The van der Waals surface area contributed by atoms with Gasteiger partial charge in [-0.3, -0.25) is 4.79 Å². The molecule has 5 rings (SSSR count). The van der Waals surface area contributed by atoms with Crippen molar-refractivity contribution in [2.75, 3.05) is 6.54 Å². The summed E-state index contributed by atoms with van der Waals surface area (Å²) in [5.41, 5.74) is 2.21. The fourth-order valence-corrected chi connectivity index (χ4v) is 3.79. The zero-order valence-electron chi connectivity index (χ0n) is 16.9. The first-order chi connectivity index (χ1) is 14.3. The highest BCUT2D eigenvalue weighted by molar-refractivity contribution is 5.92. The third-order valence-electron chi connectivity index (χ3n) is 5.29. The van der Waals surface area contributed by atoms with E-state index in [0.29, 0.717) is 35.8 Å². The van der Waals surface area contributed by atoms with Crippen LogP contribution in [-0.4, -0.2) is 41.9 Å². The highest BCUT2D eigenvalue weighted by atomic mass is 19.1. The molecule has 0 radical (unpaired) electrons. The standard InChI is InChI=1S/C21H21FN6O2/c1-21(2,3)20-23-10-16(30-20)19(29)27-8-6-13-17(25-11-24-13)18(27)14-9-15-12(22)5-4-7-28(15)26-14/h4-5,7,9-11,18H,6,8H2,1-3H3,(H,24,25). The van der Waals surface area contributed by atoms with Crippen LogP contribution in [0.25, 0.3) is 5.52 Å². The fourth-order valence-electron chi connectivity index (χ4n) is 3.79. The number of aromatic nitrogens is 5. The quantitative estimate of drug-likeness (QED) is 0.550. The highest BCUT2D eigenvalue weighted by Gasteiger charge is 2.38. The SMILES string of the molecule is CC(C)(C)c1ncc(C(=O)N2CCc3[nH]cnc3C2c2cc3c(F)cccn3n2)o1. The summed E-state index contributed by atoms with van der Waals surface area (Å²) in [6.45, 7) is 6.36. The topological polar surface area (TPSA) is 92.3 Å². The lowest BCUT2D eigenvalue weighted by molar-refractivity contribution is 0.0650. The van der Waals surface area contributed by atoms with E-state index in [-0.39, 0.29) is 22.9 Å². The van der Waals surface area contributed by atoms with Gasteiger partial charge in [0, 0.05) is 30.3 Å². The Kier molecular flexibility index (Phi) is 4.02. The van der Waals surface area contributed by atoms with E-state index in [9.17, 15) is 9.18 Å². The molecule has 154 valence electrons. The normalized spacial score (nSPS) is 16.8. The number of nitrogens with zero attached hydrogens (tertiary/aromatic N) is 5. The number of amides is 1. The summed E-state index contributed by atoms with van der Waals surface area (Å²) in [6.07, 6.45) is 5.37. The van der Waals surface area contributed by atoms with Gasteiger partial charge in [0.25, 0.3) is 5.91 Å². The third-order valence-corrected chi connectivity index (χ3v) is 5.29. The van der Waals surface area contributed by atoms with E-state index in [1.165, 1.54) is 16.8 Å². The first-order valence-corrected chi connectivity index (χ1v) is 9.76. The smallest absolute Gasteiger partial charge is 0.292 e. The number of hydrogen-bond acceptors (Lipinski definition) is 5. The van der Waals surface area contributed by atoms with Crippen LogP contribution in [0.5, 0.6) is 0 Å². The van der Waals surface area contributed by atoms with E-state index >= 15 is 0 Å². The minimum absolute atomic E-state index is 0.166. The molecule has 0 aliphatic carbocycles. The van der Waals surface area contributed by atoms with Crippen LogP contribution in [0.1, 0.15) is 60.3 Å². The molecule has 9 heteroatoms. The summed E-state index contributed by atoms with van der Waals surface area (Å²) in [5.74, 6) is -0.0139. The van der Waals surface area contributed by atoms with Crippen LogP contribution >= 0.6 is 0 Å². The van der Waals surface area contributed by atoms with Gasteiger partial charge in [0.05, 0.1) is 23.9 Å². The maximum Gasteiger partial charge on any atom is 0.292 e. The third kappa shape index (κ3) is 2.89. The summed E-state index contributed by atoms with van der Waals surface area (Å²) < 4.78 is 21.5. The molecule has 1 amide bonds. The number of nitrogens with one attached hydrogen (secondary N) is 1. The molecule has 0 fully saturated rings. The first kappa shape index (κ1) is 18.5. The monoisotopic (exact) mass is 408 g/mol. The Morgan fingerprint density at radius 2 is 2.17 bits per heavy atom. The van der Waals surface area contributed by atoms with Crippen LogP contribution in [0.3, 0.4) is 0 Å². The van der Waals surface area contributed by atoms with Gasteiger partial charge in [-0.05, 0) is 18.2 Å². The molecular weight excluding hydrogens is 387 g/mol. The van der Waals surface area contributed by atoms with Crippen LogP contribution in [0.4, 0.5) is 4.39 Å². The molecule has 0 spiro atoms. The minimum Gasteiger partial charge on any atom is -0.435 e. The van der Waals surface area contributed by atoms with Crippen molar-refractivity contribution in [2.24, 2.45) is 0 Å². The van der Waals surface area contributed by atoms with Gasteiger partial charge in [-0.1, -0.05) is 20.8 Å². The van der Waals surface area contributed by atoms with E-state index in [1.807, 2.05) is 20.8 Å². The Bertz CT molecular complexity index is 1250. The maximum absolute atomic E-state index is 14.3. The van der Waals surface area contributed by atoms with Crippen molar-refractivity contribution in [2.45, 2.75) is 38.6 Å². The molecule has 30 heavy (non-hydrogen) atoms. The number of halogens is 1. The van der Waals surface area contributed by atoms with Crippen LogP contribution < -0.4 is 0 Å². The molecule has 8 nitrogen and oxygen atoms in total. The largest absolute Gasteiger partial charge is 0.435 e. The maximum atomic E-state index is 14.3. The van der Waals surface area contributed by atoms with E-state index in [0.717, 1.165) is 5.69 Å². The van der Waals surface area contributed by atoms with Gasteiger partial charge < -0.3 is 14.3 Å². The van der Waals surface area contributed by atoms with Gasteiger partial charge in [0.15, 0.2) is 0 Å². The highest BCUT2D eigenvalue weighted by Crippen LogP contribution is 2.35. The lowest BCUT2D eigenvalue weighted by Crippen LogP contribution is -2.40. The molecule has 4 aromatic rings. The molecule has 0 bridgehead atoms. The average molecular weight is 408 g/mol. The number of pyridine rings is 1. The Hall–Kier alpha value is -3.49. The lowest BCUT2D eigenvalue weighted by Gasteiger charge is -2.33. The second-order valence-corrected chi connectivity index (χ2v) is 8.45. The van der Waals surface area contributed by atoms with E-state index in [2.05, 4.69) is 20.1 Å². The molecule has 1 unspecified atom stereocenters. The first-order valence-electron chi connectivity index (χ1n) is 9.76. The van der Waals surface area contributed by atoms with Crippen molar-refractivity contribution < 1.29 is 13.6 Å². The van der Waals surface area contributed by atoms with Gasteiger partial charge in [0.1, 0.15) is 17.4 Å². The van der Waals surface area contributed by atoms with Crippen molar-refractivity contribution in [3.8, 4) is 0 Å². The number of aromatic amines is 1. The molecule has 5 heterocycles. The number of H-pyrrole nitrogens is 1. The zero-order valence-corrected chi connectivity index (χ0v) is 16.9. The number of oxazole rings is 1. The molecule has 1 aliphatic heterocycles. The van der Waals surface area contributed by atoms with E-state index < -0.39 is 6.04 Å². The van der Waals surface area contributed by atoms with Crippen molar-refractivity contribution in [3.63, 3.8) is 0 Å². The van der Waals surface area contributed by atoms with Gasteiger partial charge in [0.2, 0.25) is 11.7 Å². The molecule has 1 N–H and O–H groups in total. The van der Waals surface area contributed by atoms with Crippen LogP contribution in [-0.2, 0) is 11.8 Å². The Morgan fingerprint density at radius 1 is 1.33 bits per heavy atom. The second kappa shape index (κ2) is 6.51. The van der Waals surface area contributed by atoms with Gasteiger partial charge in [-0.25, -0.2) is 18.9 Å². The summed E-state index contributed by atoms with van der Waals surface area (Å²) >= 11 is 0. The summed E-state index contributed by atoms with van der Waals surface area (Å²) in [5, 5.41) is 4.53. The Balaban J connectivity index is 1.59. The van der Waals surface area contributed by atoms with E-state index in [4.69, 9.17) is 4.42 Å².